The highest BCUT2D eigenvalue weighted by atomic mass is 16.6. The van der Waals surface area contributed by atoms with Gasteiger partial charge in [0.25, 0.3) is 0 Å². The van der Waals surface area contributed by atoms with Gasteiger partial charge in [-0.15, -0.1) is 0 Å². The van der Waals surface area contributed by atoms with Crippen LogP contribution in [0.3, 0.4) is 0 Å². The third-order valence-electron chi connectivity index (χ3n) is 4.13. The van der Waals surface area contributed by atoms with Crippen molar-refractivity contribution >= 4 is 35.0 Å². The van der Waals surface area contributed by atoms with E-state index < -0.39 is 11.9 Å². The number of cyclic esters (lactones) is 1. The summed E-state index contributed by atoms with van der Waals surface area (Å²) in [5.41, 5.74) is 7.54. The Hall–Kier alpha value is -3.55. The molecule has 0 aliphatic carbocycles. The zero-order valence-electron chi connectivity index (χ0n) is 14.8. The van der Waals surface area contributed by atoms with Crippen molar-refractivity contribution in [3.63, 3.8) is 0 Å². The highest BCUT2D eigenvalue weighted by molar-refractivity contribution is 5.97. The summed E-state index contributed by atoms with van der Waals surface area (Å²) in [6.07, 6.45) is -0.377. The Morgan fingerprint density at radius 3 is 2.52 bits per heavy atom. The molecule has 0 unspecified atom stereocenters. The van der Waals surface area contributed by atoms with Gasteiger partial charge in [-0.1, -0.05) is 6.07 Å². The summed E-state index contributed by atoms with van der Waals surface area (Å²) in [5.74, 6) is -0.766. The van der Waals surface area contributed by atoms with Crippen LogP contribution in [0.4, 0.5) is 21.9 Å². The molecule has 1 aliphatic rings. The number of anilines is 3. The van der Waals surface area contributed by atoms with Crippen LogP contribution in [0.25, 0.3) is 0 Å². The Morgan fingerprint density at radius 2 is 1.89 bits per heavy atom. The van der Waals surface area contributed by atoms with Crippen LogP contribution in [0.5, 0.6) is 0 Å². The van der Waals surface area contributed by atoms with Crippen molar-refractivity contribution in [1.82, 2.24) is 0 Å². The molecule has 0 spiro atoms. The molecule has 3 rings (SSSR count). The molecule has 1 heterocycles. The fourth-order valence-electron chi connectivity index (χ4n) is 2.68. The molecular weight excluding hydrogens is 348 g/mol. The van der Waals surface area contributed by atoms with Crippen LogP contribution < -0.4 is 21.3 Å². The fraction of sp³-hybridized carbons (Fsp3) is 0.211. The molecule has 2 aromatic carbocycles. The Morgan fingerprint density at radius 1 is 1.15 bits per heavy atom. The molecule has 0 aromatic heterocycles. The number of carbonyl (C=O) groups is 3. The zero-order valence-corrected chi connectivity index (χ0v) is 14.8. The van der Waals surface area contributed by atoms with Crippen LogP contribution in [0.1, 0.15) is 17.3 Å². The van der Waals surface area contributed by atoms with Gasteiger partial charge in [0.2, 0.25) is 11.8 Å². The third-order valence-corrected chi connectivity index (χ3v) is 4.13. The first-order valence-electron chi connectivity index (χ1n) is 8.45. The second-order valence-corrected chi connectivity index (χ2v) is 6.11. The van der Waals surface area contributed by atoms with Gasteiger partial charge in [0.15, 0.2) is 0 Å². The third kappa shape index (κ3) is 4.35. The maximum atomic E-state index is 12.4. The SMILES string of the molecule is C[C@@H](Nc1cccc(N2CCOC2=O)c1)C(=O)Nc1ccc(C(N)=O)cc1. The fourth-order valence-corrected chi connectivity index (χ4v) is 2.68. The second kappa shape index (κ2) is 7.77. The molecule has 2 aromatic rings. The lowest BCUT2D eigenvalue weighted by Crippen LogP contribution is -2.32. The Labute approximate surface area is 156 Å². The molecule has 1 saturated heterocycles. The first-order valence-corrected chi connectivity index (χ1v) is 8.45. The highest BCUT2D eigenvalue weighted by Crippen LogP contribution is 2.23. The molecule has 3 amide bonds. The summed E-state index contributed by atoms with van der Waals surface area (Å²) >= 11 is 0. The maximum absolute atomic E-state index is 12.4. The number of nitrogens with two attached hydrogens (primary N) is 1. The lowest BCUT2D eigenvalue weighted by molar-refractivity contribution is -0.116. The lowest BCUT2D eigenvalue weighted by Gasteiger charge is -2.18. The summed E-state index contributed by atoms with van der Waals surface area (Å²) in [4.78, 5) is 36.7. The number of rotatable bonds is 6. The number of amides is 3. The number of nitrogens with one attached hydrogen (secondary N) is 2. The van der Waals surface area contributed by atoms with Gasteiger partial charge < -0.3 is 21.1 Å². The molecule has 8 nitrogen and oxygen atoms in total. The van der Waals surface area contributed by atoms with Crippen LogP contribution in [-0.4, -0.2) is 37.1 Å². The minimum Gasteiger partial charge on any atom is -0.447 e. The van der Waals surface area contributed by atoms with E-state index in [0.29, 0.717) is 35.8 Å². The smallest absolute Gasteiger partial charge is 0.414 e. The predicted octanol–water partition coefficient (Wildman–Crippen LogP) is 2.18. The van der Waals surface area contributed by atoms with Crippen LogP contribution in [0, 0.1) is 0 Å². The van der Waals surface area contributed by atoms with Crippen molar-refractivity contribution < 1.29 is 19.1 Å². The van der Waals surface area contributed by atoms with Crippen LogP contribution in [0.15, 0.2) is 48.5 Å². The molecule has 140 valence electrons. The lowest BCUT2D eigenvalue weighted by atomic mass is 10.2. The second-order valence-electron chi connectivity index (χ2n) is 6.11. The Bertz CT molecular complexity index is 866. The van der Waals surface area contributed by atoms with Crippen molar-refractivity contribution in [1.29, 1.82) is 0 Å². The minimum absolute atomic E-state index is 0.243. The molecule has 0 radical (unpaired) electrons. The highest BCUT2D eigenvalue weighted by Gasteiger charge is 2.23. The van der Waals surface area contributed by atoms with E-state index in [1.165, 1.54) is 4.90 Å². The summed E-state index contributed by atoms with van der Waals surface area (Å²) in [6.45, 7) is 2.59. The van der Waals surface area contributed by atoms with E-state index in [1.807, 2.05) is 12.1 Å². The van der Waals surface area contributed by atoms with Gasteiger partial charge in [-0.3, -0.25) is 14.5 Å². The van der Waals surface area contributed by atoms with E-state index in [9.17, 15) is 14.4 Å². The van der Waals surface area contributed by atoms with E-state index in [4.69, 9.17) is 10.5 Å². The standard InChI is InChI=1S/C19H20N4O4/c1-12(18(25)22-14-7-5-13(6-8-14)17(20)24)21-15-3-2-4-16(11-15)23-9-10-27-19(23)26/h2-8,11-12,21H,9-10H2,1H3,(H2,20,24)(H,22,25)/t12-/m1/s1. The molecule has 8 heteroatoms. The maximum Gasteiger partial charge on any atom is 0.414 e. The van der Waals surface area contributed by atoms with Gasteiger partial charge in [0.05, 0.1) is 6.54 Å². The van der Waals surface area contributed by atoms with E-state index >= 15 is 0 Å². The molecule has 1 aliphatic heterocycles. The quantitative estimate of drug-likeness (QED) is 0.723. The normalized spacial score (nSPS) is 14.4. The van der Waals surface area contributed by atoms with Gasteiger partial charge >= 0.3 is 6.09 Å². The number of ether oxygens (including phenoxy) is 1. The molecule has 0 bridgehead atoms. The van der Waals surface area contributed by atoms with Crippen molar-refractivity contribution in [3.8, 4) is 0 Å². The molecule has 27 heavy (non-hydrogen) atoms. The average molecular weight is 368 g/mol. The molecular formula is C19H20N4O4. The molecule has 1 fully saturated rings. The number of nitrogens with zero attached hydrogens (tertiary/aromatic N) is 1. The number of carbonyl (C=O) groups excluding carboxylic acids is 3. The summed E-state index contributed by atoms with van der Waals surface area (Å²) < 4.78 is 4.94. The van der Waals surface area contributed by atoms with Crippen molar-refractivity contribution in [2.45, 2.75) is 13.0 Å². The van der Waals surface area contributed by atoms with Gasteiger partial charge in [-0.2, -0.15) is 0 Å². The topological polar surface area (TPSA) is 114 Å². The Balaban J connectivity index is 1.62. The van der Waals surface area contributed by atoms with Crippen molar-refractivity contribution in [3.05, 3.63) is 54.1 Å². The van der Waals surface area contributed by atoms with Crippen molar-refractivity contribution in [2.24, 2.45) is 5.73 Å². The summed E-state index contributed by atoms with van der Waals surface area (Å²) in [6, 6.07) is 13.0. The number of benzene rings is 2. The number of hydrogen-bond donors (Lipinski definition) is 3. The molecule has 0 saturated carbocycles. The monoisotopic (exact) mass is 368 g/mol. The largest absolute Gasteiger partial charge is 0.447 e. The number of hydrogen-bond acceptors (Lipinski definition) is 5. The van der Waals surface area contributed by atoms with Crippen LogP contribution >= 0.6 is 0 Å². The van der Waals surface area contributed by atoms with Crippen LogP contribution in [-0.2, 0) is 9.53 Å². The van der Waals surface area contributed by atoms with E-state index in [-0.39, 0.29) is 12.0 Å². The number of primary amides is 1. The summed E-state index contributed by atoms with van der Waals surface area (Å²) in [5, 5.41) is 5.87. The van der Waals surface area contributed by atoms with Gasteiger partial charge in [-0.25, -0.2) is 4.79 Å². The first-order chi connectivity index (χ1) is 12.9. The zero-order chi connectivity index (χ0) is 19.4. The van der Waals surface area contributed by atoms with Crippen molar-refractivity contribution in [2.75, 3.05) is 28.7 Å². The van der Waals surface area contributed by atoms with E-state index in [2.05, 4.69) is 10.6 Å². The average Bonchev–Trinajstić information content (AvgIpc) is 3.08. The van der Waals surface area contributed by atoms with E-state index in [0.717, 1.165) is 0 Å². The van der Waals surface area contributed by atoms with Crippen LogP contribution in [0.2, 0.25) is 0 Å². The molecule has 4 N–H and O–H groups in total. The molecule has 1 atom stereocenters. The van der Waals surface area contributed by atoms with Gasteiger partial charge in [0.1, 0.15) is 12.6 Å². The first kappa shape index (κ1) is 18.2. The summed E-state index contributed by atoms with van der Waals surface area (Å²) in [7, 11) is 0. The van der Waals surface area contributed by atoms with Gasteiger partial charge in [-0.05, 0) is 49.4 Å². The Kier molecular flexibility index (Phi) is 5.25. The minimum atomic E-state index is -0.526. The predicted molar refractivity (Wildman–Crippen MR) is 102 cm³/mol. The van der Waals surface area contributed by atoms with E-state index in [1.54, 1.807) is 43.3 Å². The van der Waals surface area contributed by atoms with Gasteiger partial charge in [0, 0.05) is 22.6 Å².